The SMILES string of the molecule is CCNC(=NCCCc1nc2c(s1)CCCC2)N(C)Cc1csc(C)n1.I. The van der Waals surface area contributed by atoms with E-state index in [1.807, 2.05) is 18.3 Å². The van der Waals surface area contributed by atoms with Gasteiger partial charge in [-0.05, 0) is 46.0 Å². The normalized spacial score (nSPS) is 13.8. The molecule has 1 N–H and O–H groups in total. The maximum absolute atomic E-state index is 4.83. The minimum atomic E-state index is 0. The molecule has 0 spiro atoms. The van der Waals surface area contributed by atoms with Crippen LogP contribution in [0.25, 0.3) is 0 Å². The Balaban J connectivity index is 0.00000261. The first-order valence-corrected chi connectivity index (χ1v) is 11.2. The maximum Gasteiger partial charge on any atom is 0.194 e. The molecule has 1 aliphatic rings. The summed E-state index contributed by atoms with van der Waals surface area (Å²) in [6.07, 6.45) is 7.12. The molecule has 2 aromatic rings. The summed E-state index contributed by atoms with van der Waals surface area (Å²) in [4.78, 5) is 17.9. The summed E-state index contributed by atoms with van der Waals surface area (Å²) in [5.41, 5.74) is 2.47. The molecule has 0 unspecified atom stereocenters. The third-order valence-corrected chi connectivity index (χ3v) is 6.50. The van der Waals surface area contributed by atoms with E-state index in [0.717, 1.165) is 49.1 Å². The molecule has 150 valence electrons. The highest BCUT2D eigenvalue weighted by Crippen LogP contribution is 2.27. The quantitative estimate of drug-likeness (QED) is 0.255. The van der Waals surface area contributed by atoms with E-state index in [9.17, 15) is 0 Å². The Morgan fingerprint density at radius 3 is 2.81 bits per heavy atom. The minimum absolute atomic E-state index is 0. The fourth-order valence-electron chi connectivity index (χ4n) is 3.20. The molecule has 0 amide bonds. The zero-order chi connectivity index (χ0) is 18.4. The summed E-state index contributed by atoms with van der Waals surface area (Å²) in [6.45, 7) is 6.64. The van der Waals surface area contributed by atoms with E-state index in [2.05, 4.69) is 34.6 Å². The Kier molecular flexibility index (Phi) is 9.44. The third-order valence-electron chi connectivity index (χ3n) is 4.46. The molecule has 8 heteroatoms. The Morgan fingerprint density at radius 1 is 1.30 bits per heavy atom. The van der Waals surface area contributed by atoms with Gasteiger partial charge in [-0.3, -0.25) is 4.99 Å². The van der Waals surface area contributed by atoms with E-state index in [-0.39, 0.29) is 24.0 Å². The number of aliphatic imine (C=N–C) groups is 1. The third kappa shape index (κ3) is 6.67. The fourth-order valence-corrected chi connectivity index (χ4v) is 5.00. The molecular weight excluding hydrogens is 489 g/mol. The fraction of sp³-hybridized carbons (Fsp3) is 0.632. The first-order valence-electron chi connectivity index (χ1n) is 9.53. The number of guanidine groups is 1. The van der Waals surface area contributed by atoms with Crippen LogP contribution in [0.5, 0.6) is 0 Å². The largest absolute Gasteiger partial charge is 0.357 e. The summed E-state index contributed by atoms with van der Waals surface area (Å²) in [5.74, 6) is 0.955. The molecule has 2 aromatic heterocycles. The molecule has 0 aliphatic heterocycles. The van der Waals surface area contributed by atoms with Crippen molar-refractivity contribution in [2.75, 3.05) is 20.1 Å². The molecule has 0 bridgehead atoms. The van der Waals surface area contributed by atoms with Crippen LogP contribution < -0.4 is 5.32 Å². The van der Waals surface area contributed by atoms with Gasteiger partial charge in [-0.2, -0.15) is 0 Å². The van der Waals surface area contributed by atoms with Crippen LogP contribution in [-0.2, 0) is 25.8 Å². The number of thiazole rings is 2. The van der Waals surface area contributed by atoms with Gasteiger partial charge in [0.2, 0.25) is 0 Å². The molecule has 0 fully saturated rings. The predicted octanol–water partition coefficient (Wildman–Crippen LogP) is 4.43. The number of hydrogen-bond donors (Lipinski definition) is 1. The van der Waals surface area contributed by atoms with E-state index in [4.69, 9.17) is 9.98 Å². The van der Waals surface area contributed by atoms with Gasteiger partial charge in [0.1, 0.15) is 0 Å². The Bertz CT molecular complexity index is 717. The van der Waals surface area contributed by atoms with Crippen LogP contribution in [0.3, 0.4) is 0 Å². The second kappa shape index (κ2) is 11.3. The van der Waals surface area contributed by atoms with Crippen molar-refractivity contribution in [3.05, 3.63) is 31.7 Å². The lowest BCUT2D eigenvalue weighted by molar-refractivity contribution is 0.470. The van der Waals surface area contributed by atoms with Gasteiger partial charge in [-0.1, -0.05) is 0 Å². The predicted molar refractivity (Wildman–Crippen MR) is 127 cm³/mol. The van der Waals surface area contributed by atoms with Gasteiger partial charge in [0.25, 0.3) is 0 Å². The molecular formula is C19H30IN5S2. The highest BCUT2D eigenvalue weighted by molar-refractivity contribution is 14.0. The molecule has 2 heterocycles. The Morgan fingerprint density at radius 2 is 2.11 bits per heavy atom. The lowest BCUT2D eigenvalue weighted by atomic mass is 10.0. The second-order valence-electron chi connectivity index (χ2n) is 6.74. The average molecular weight is 520 g/mol. The molecule has 0 aromatic carbocycles. The van der Waals surface area contributed by atoms with Crippen LogP contribution in [0, 0.1) is 6.92 Å². The van der Waals surface area contributed by atoms with Crippen LogP contribution in [0.1, 0.15) is 52.5 Å². The van der Waals surface area contributed by atoms with Gasteiger partial charge in [-0.15, -0.1) is 46.7 Å². The minimum Gasteiger partial charge on any atom is -0.357 e. The zero-order valence-corrected chi connectivity index (χ0v) is 20.4. The number of hydrogen-bond acceptors (Lipinski definition) is 5. The highest BCUT2D eigenvalue weighted by atomic mass is 127. The molecule has 5 nitrogen and oxygen atoms in total. The van der Waals surface area contributed by atoms with Crippen molar-refractivity contribution in [3.8, 4) is 0 Å². The van der Waals surface area contributed by atoms with Gasteiger partial charge in [0.05, 0.1) is 27.9 Å². The molecule has 0 saturated carbocycles. The molecule has 27 heavy (non-hydrogen) atoms. The standard InChI is InChI=1S/C19H29N5S2.HI/c1-4-20-19(24(3)12-15-13-25-14(2)22-15)21-11-7-10-18-23-16-8-5-6-9-17(16)26-18;/h13H,4-12H2,1-3H3,(H,20,21);1H. The van der Waals surface area contributed by atoms with Crippen molar-refractivity contribution in [1.82, 2.24) is 20.2 Å². The molecule has 0 saturated heterocycles. The molecule has 0 radical (unpaired) electrons. The topological polar surface area (TPSA) is 53.4 Å². The van der Waals surface area contributed by atoms with Crippen molar-refractivity contribution < 1.29 is 0 Å². The molecule has 0 atom stereocenters. The lowest BCUT2D eigenvalue weighted by Gasteiger charge is -2.21. The van der Waals surface area contributed by atoms with Gasteiger partial charge >= 0.3 is 0 Å². The number of fused-ring (bicyclic) bond motifs is 1. The first kappa shape index (κ1) is 22.5. The van der Waals surface area contributed by atoms with Crippen LogP contribution >= 0.6 is 46.7 Å². The first-order chi connectivity index (χ1) is 12.7. The summed E-state index contributed by atoms with van der Waals surface area (Å²) in [6, 6.07) is 0. The Hall–Kier alpha value is -0.740. The number of aryl methyl sites for hydroxylation is 4. The lowest BCUT2D eigenvalue weighted by Crippen LogP contribution is -2.38. The number of nitrogens with one attached hydrogen (secondary N) is 1. The van der Waals surface area contributed by atoms with E-state index in [1.165, 1.54) is 41.3 Å². The number of aromatic nitrogens is 2. The van der Waals surface area contributed by atoms with E-state index in [1.54, 1.807) is 11.3 Å². The Labute approximate surface area is 187 Å². The monoisotopic (exact) mass is 519 g/mol. The number of rotatable bonds is 7. The summed E-state index contributed by atoms with van der Waals surface area (Å²) in [7, 11) is 2.07. The van der Waals surface area contributed by atoms with E-state index >= 15 is 0 Å². The number of nitrogens with zero attached hydrogens (tertiary/aromatic N) is 4. The maximum atomic E-state index is 4.83. The van der Waals surface area contributed by atoms with Crippen LogP contribution in [0.2, 0.25) is 0 Å². The summed E-state index contributed by atoms with van der Waals surface area (Å²) < 4.78 is 0. The number of halogens is 1. The van der Waals surface area contributed by atoms with Crippen LogP contribution in [0.15, 0.2) is 10.4 Å². The second-order valence-corrected chi connectivity index (χ2v) is 8.97. The highest BCUT2D eigenvalue weighted by Gasteiger charge is 2.14. The van der Waals surface area contributed by atoms with Gasteiger partial charge in [-0.25, -0.2) is 9.97 Å². The van der Waals surface area contributed by atoms with Crippen molar-refractivity contribution >= 4 is 52.6 Å². The van der Waals surface area contributed by atoms with Gasteiger partial charge in [0, 0.05) is 36.8 Å². The smallest absolute Gasteiger partial charge is 0.194 e. The van der Waals surface area contributed by atoms with Gasteiger partial charge in [0.15, 0.2) is 5.96 Å². The van der Waals surface area contributed by atoms with Crippen molar-refractivity contribution in [2.45, 2.75) is 58.9 Å². The van der Waals surface area contributed by atoms with E-state index in [0.29, 0.717) is 0 Å². The van der Waals surface area contributed by atoms with Gasteiger partial charge < -0.3 is 10.2 Å². The van der Waals surface area contributed by atoms with Crippen LogP contribution in [0.4, 0.5) is 0 Å². The molecule has 1 aliphatic carbocycles. The van der Waals surface area contributed by atoms with Crippen molar-refractivity contribution in [3.63, 3.8) is 0 Å². The average Bonchev–Trinajstić information content (AvgIpc) is 3.23. The van der Waals surface area contributed by atoms with Crippen LogP contribution in [-0.4, -0.2) is 41.0 Å². The van der Waals surface area contributed by atoms with E-state index < -0.39 is 0 Å². The summed E-state index contributed by atoms with van der Waals surface area (Å²) >= 11 is 3.62. The van der Waals surface area contributed by atoms with Crippen molar-refractivity contribution in [2.24, 2.45) is 4.99 Å². The molecule has 3 rings (SSSR count). The zero-order valence-electron chi connectivity index (χ0n) is 16.5. The van der Waals surface area contributed by atoms with Crippen molar-refractivity contribution in [1.29, 1.82) is 0 Å². The summed E-state index contributed by atoms with van der Waals surface area (Å²) in [5, 5.41) is 7.92.